The first kappa shape index (κ1) is 17.0. The minimum Gasteiger partial charge on any atom is -0.326 e. The fraction of sp³-hybridized carbons (Fsp3) is 0.667. The van der Waals surface area contributed by atoms with E-state index in [1.807, 2.05) is 0 Å². The summed E-state index contributed by atoms with van der Waals surface area (Å²) in [7, 11) is 2.26. The smallest absolute Gasteiger partial charge is 0.0510 e. The third kappa shape index (κ3) is 4.08. The molecule has 0 saturated heterocycles. The number of halogens is 1. The first-order valence-electron chi connectivity index (χ1n) is 8.26. The highest BCUT2D eigenvalue weighted by molar-refractivity contribution is 9.10. The van der Waals surface area contributed by atoms with Gasteiger partial charge in [0.15, 0.2) is 0 Å². The minimum atomic E-state index is 0.174. The van der Waals surface area contributed by atoms with Crippen LogP contribution in [0, 0.1) is 5.92 Å². The van der Waals surface area contributed by atoms with Crippen LogP contribution in [0.2, 0.25) is 0 Å². The maximum absolute atomic E-state index is 6.49. The number of benzene rings is 1. The van der Waals surface area contributed by atoms with Gasteiger partial charge < -0.3 is 5.73 Å². The van der Waals surface area contributed by atoms with Gasteiger partial charge in [-0.15, -0.1) is 0 Å². The highest BCUT2D eigenvalue weighted by Gasteiger charge is 2.31. The molecule has 0 aromatic heterocycles. The molecule has 1 aliphatic carbocycles. The first-order valence-corrected chi connectivity index (χ1v) is 9.05. The summed E-state index contributed by atoms with van der Waals surface area (Å²) in [5, 5.41) is 0. The van der Waals surface area contributed by atoms with Gasteiger partial charge in [0.2, 0.25) is 0 Å². The van der Waals surface area contributed by atoms with Crippen molar-refractivity contribution in [3.05, 3.63) is 34.3 Å². The van der Waals surface area contributed by atoms with Crippen LogP contribution in [0.15, 0.2) is 28.7 Å². The Hall–Kier alpha value is -0.380. The molecule has 1 fully saturated rings. The van der Waals surface area contributed by atoms with E-state index in [0.717, 1.165) is 12.3 Å². The second kappa shape index (κ2) is 7.75. The largest absolute Gasteiger partial charge is 0.326 e. The van der Waals surface area contributed by atoms with Gasteiger partial charge in [-0.3, -0.25) is 4.90 Å². The quantitative estimate of drug-likeness (QED) is 0.829. The minimum absolute atomic E-state index is 0.174. The van der Waals surface area contributed by atoms with E-state index in [9.17, 15) is 0 Å². The second-order valence-electron chi connectivity index (χ2n) is 6.62. The maximum atomic E-state index is 6.49. The SMILES string of the molecule is CCC(N)C(c1ccccc1Br)N(C)C1CCC(C)CC1. The average Bonchev–Trinajstić information content (AvgIpc) is 2.49. The molecule has 0 heterocycles. The lowest BCUT2D eigenvalue weighted by atomic mass is 9.85. The van der Waals surface area contributed by atoms with Gasteiger partial charge in [0.1, 0.15) is 0 Å². The first-order chi connectivity index (χ1) is 10.0. The van der Waals surface area contributed by atoms with Crippen LogP contribution >= 0.6 is 15.9 Å². The van der Waals surface area contributed by atoms with Gasteiger partial charge in [-0.1, -0.05) is 48.0 Å². The number of hydrogen-bond acceptors (Lipinski definition) is 2. The Morgan fingerprint density at radius 2 is 1.86 bits per heavy atom. The molecule has 21 heavy (non-hydrogen) atoms. The number of nitrogens with two attached hydrogens (primary N) is 1. The monoisotopic (exact) mass is 352 g/mol. The molecule has 118 valence electrons. The Balaban J connectivity index is 2.22. The van der Waals surface area contributed by atoms with E-state index in [2.05, 4.69) is 66.0 Å². The zero-order chi connectivity index (χ0) is 15.4. The molecule has 2 unspecified atom stereocenters. The van der Waals surface area contributed by atoms with E-state index in [4.69, 9.17) is 5.73 Å². The van der Waals surface area contributed by atoms with Gasteiger partial charge in [-0.25, -0.2) is 0 Å². The van der Waals surface area contributed by atoms with Crippen molar-refractivity contribution in [3.63, 3.8) is 0 Å². The molecule has 2 atom stereocenters. The van der Waals surface area contributed by atoms with Crippen molar-refractivity contribution < 1.29 is 0 Å². The highest BCUT2D eigenvalue weighted by Crippen LogP contribution is 2.35. The molecule has 1 aromatic rings. The van der Waals surface area contributed by atoms with Crippen molar-refractivity contribution in [1.82, 2.24) is 4.90 Å². The fourth-order valence-corrected chi connectivity index (χ4v) is 4.09. The van der Waals surface area contributed by atoms with Gasteiger partial charge in [0, 0.05) is 16.6 Å². The van der Waals surface area contributed by atoms with Crippen LogP contribution in [-0.2, 0) is 0 Å². The zero-order valence-corrected chi connectivity index (χ0v) is 15.1. The topological polar surface area (TPSA) is 29.3 Å². The summed E-state index contributed by atoms with van der Waals surface area (Å²) in [5.74, 6) is 0.886. The Labute approximate surface area is 138 Å². The van der Waals surface area contributed by atoms with Crippen LogP contribution in [0.1, 0.15) is 57.6 Å². The third-order valence-electron chi connectivity index (χ3n) is 5.10. The molecule has 0 spiro atoms. The Kier molecular flexibility index (Phi) is 6.27. The van der Waals surface area contributed by atoms with Gasteiger partial charge in [0.05, 0.1) is 6.04 Å². The summed E-state index contributed by atoms with van der Waals surface area (Å²) in [5.41, 5.74) is 7.82. The van der Waals surface area contributed by atoms with Crippen LogP contribution in [0.5, 0.6) is 0 Å². The predicted molar refractivity (Wildman–Crippen MR) is 94.3 cm³/mol. The summed E-state index contributed by atoms with van der Waals surface area (Å²) >= 11 is 3.71. The van der Waals surface area contributed by atoms with Crippen LogP contribution in [0.3, 0.4) is 0 Å². The molecule has 0 radical (unpaired) electrons. The van der Waals surface area contributed by atoms with Gasteiger partial charge >= 0.3 is 0 Å². The second-order valence-corrected chi connectivity index (χ2v) is 7.47. The molecule has 0 amide bonds. The van der Waals surface area contributed by atoms with Gasteiger partial charge in [0.25, 0.3) is 0 Å². The van der Waals surface area contributed by atoms with Crippen molar-refractivity contribution in [1.29, 1.82) is 0 Å². The average molecular weight is 353 g/mol. The van der Waals surface area contributed by atoms with E-state index in [1.165, 1.54) is 35.7 Å². The molecule has 0 bridgehead atoms. The third-order valence-corrected chi connectivity index (χ3v) is 5.82. The van der Waals surface area contributed by atoms with Crippen molar-refractivity contribution in [2.24, 2.45) is 11.7 Å². The van der Waals surface area contributed by atoms with Crippen molar-refractivity contribution in [2.75, 3.05) is 7.05 Å². The van der Waals surface area contributed by atoms with Crippen LogP contribution in [-0.4, -0.2) is 24.0 Å². The number of rotatable bonds is 5. The number of hydrogen-bond donors (Lipinski definition) is 1. The van der Waals surface area contributed by atoms with E-state index in [-0.39, 0.29) is 6.04 Å². The molecule has 1 aromatic carbocycles. The van der Waals surface area contributed by atoms with E-state index >= 15 is 0 Å². The molecule has 3 heteroatoms. The molecule has 2 N–H and O–H groups in total. The van der Waals surface area contributed by atoms with Gasteiger partial charge in [-0.2, -0.15) is 0 Å². The molecule has 1 saturated carbocycles. The molecule has 2 nitrogen and oxygen atoms in total. The van der Waals surface area contributed by atoms with E-state index in [0.29, 0.717) is 12.1 Å². The zero-order valence-electron chi connectivity index (χ0n) is 13.6. The van der Waals surface area contributed by atoms with E-state index < -0.39 is 0 Å². The molecule has 2 rings (SSSR count). The van der Waals surface area contributed by atoms with Gasteiger partial charge in [-0.05, 0) is 56.7 Å². The summed E-state index contributed by atoms with van der Waals surface area (Å²) in [6.45, 7) is 4.56. The highest BCUT2D eigenvalue weighted by atomic mass is 79.9. The standard InChI is InChI=1S/C18H29BrN2/c1-4-17(20)18(15-7-5-6-8-16(15)19)21(3)14-11-9-13(2)10-12-14/h5-8,13-14,17-18H,4,9-12,20H2,1-3H3. The van der Waals surface area contributed by atoms with Crippen LogP contribution in [0.25, 0.3) is 0 Å². The normalized spacial score (nSPS) is 25.8. The van der Waals surface area contributed by atoms with Crippen LogP contribution < -0.4 is 5.73 Å². The molecular formula is C18H29BrN2. The lowest BCUT2D eigenvalue weighted by molar-refractivity contribution is 0.106. The fourth-order valence-electron chi connectivity index (χ4n) is 3.57. The molecular weight excluding hydrogens is 324 g/mol. The van der Waals surface area contributed by atoms with Crippen LogP contribution in [0.4, 0.5) is 0 Å². The van der Waals surface area contributed by atoms with Crippen molar-refractivity contribution in [3.8, 4) is 0 Å². The number of nitrogens with zero attached hydrogens (tertiary/aromatic N) is 1. The Morgan fingerprint density at radius 3 is 2.43 bits per heavy atom. The lowest BCUT2D eigenvalue weighted by Gasteiger charge is -2.41. The molecule has 0 aliphatic heterocycles. The summed E-state index contributed by atoms with van der Waals surface area (Å²) in [6, 6.07) is 9.66. The number of likely N-dealkylation sites (N-methyl/N-ethyl adjacent to an activating group) is 1. The Bertz CT molecular complexity index is 441. The molecule has 1 aliphatic rings. The Morgan fingerprint density at radius 1 is 1.24 bits per heavy atom. The maximum Gasteiger partial charge on any atom is 0.0510 e. The van der Waals surface area contributed by atoms with E-state index in [1.54, 1.807) is 0 Å². The van der Waals surface area contributed by atoms with Crippen molar-refractivity contribution in [2.45, 2.75) is 64.1 Å². The predicted octanol–water partition coefficient (Wildman–Crippen LogP) is 4.74. The lowest BCUT2D eigenvalue weighted by Crippen LogP contribution is -2.45. The summed E-state index contributed by atoms with van der Waals surface area (Å²) < 4.78 is 1.18. The summed E-state index contributed by atoms with van der Waals surface area (Å²) in [6.07, 6.45) is 6.29. The summed E-state index contributed by atoms with van der Waals surface area (Å²) in [4.78, 5) is 2.54. The van der Waals surface area contributed by atoms with Crippen molar-refractivity contribution >= 4 is 15.9 Å².